The van der Waals surface area contributed by atoms with Crippen molar-refractivity contribution in [3.05, 3.63) is 36.5 Å². The Kier molecular flexibility index (Phi) is 56.0. The van der Waals surface area contributed by atoms with Crippen LogP contribution in [0, 0.1) is 0 Å². The number of allylic oxidation sites excluding steroid dienone is 6. The van der Waals surface area contributed by atoms with Gasteiger partial charge < -0.3 is 20.3 Å². The van der Waals surface area contributed by atoms with Crippen LogP contribution in [0.5, 0.6) is 0 Å². The van der Waals surface area contributed by atoms with Crippen LogP contribution in [0.15, 0.2) is 36.5 Å². The molecule has 0 radical (unpaired) electrons. The number of nitrogens with one attached hydrogen (secondary N) is 1. The largest absolute Gasteiger partial charge is 0.466 e. The third-order valence-corrected chi connectivity index (χ3v) is 13.9. The SMILES string of the molecule is CCCCCC/C=C\CCCCCCCC(=O)OCCCCC/C=C\C=C/CCCCCCCCCCCCC(=O)NC(CO)C(O)CCCCCCCCCCCCCCCCCCCCC. The van der Waals surface area contributed by atoms with Crippen LogP contribution in [-0.4, -0.2) is 47.4 Å². The van der Waals surface area contributed by atoms with Gasteiger partial charge in [-0.1, -0.05) is 262 Å². The summed E-state index contributed by atoms with van der Waals surface area (Å²) in [6.07, 6.45) is 71.4. The van der Waals surface area contributed by atoms with E-state index < -0.39 is 12.1 Å². The van der Waals surface area contributed by atoms with E-state index in [2.05, 4.69) is 55.6 Å². The smallest absolute Gasteiger partial charge is 0.305 e. The first-order valence-electron chi connectivity index (χ1n) is 30.3. The third kappa shape index (κ3) is 53.4. The van der Waals surface area contributed by atoms with Gasteiger partial charge in [-0.15, -0.1) is 0 Å². The van der Waals surface area contributed by atoms with Crippen molar-refractivity contribution in [3.8, 4) is 0 Å². The lowest BCUT2D eigenvalue weighted by molar-refractivity contribution is -0.143. The standard InChI is InChI=1S/C62H117NO5/c1-3-5-7-9-11-13-15-17-18-19-21-24-27-31-34-38-42-46-50-54-60(65)59(58-64)63-61(66)55-51-47-43-39-35-32-28-25-22-20-23-26-29-33-37-41-45-49-53-57-68-62(67)56-52-48-44-40-36-30-16-14-12-10-8-6-4-2/h14,16,26,29,33,37,59-60,64-65H,3-13,15,17-25,27-28,30-32,34-36,38-58H2,1-2H3,(H,63,66)/b16-14-,29-26-,37-33-. The maximum Gasteiger partial charge on any atom is 0.305 e. The molecule has 0 spiro atoms. The van der Waals surface area contributed by atoms with Crippen molar-refractivity contribution in [1.82, 2.24) is 5.32 Å². The van der Waals surface area contributed by atoms with E-state index in [4.69, 9.17) is 4.74 Å². The average Bonchev–Trinajstić information content (AvgIpc) is 3.34. The molecule has 0 aromatic carbocycles. The van der Waals surface area contributed by atoms with E-state index in [1.165, 1.54) is 218 Å². The van der Waals surface area contributed by atoms with Crippen molar-refractivity contribution in [3.63, 3.8) is 0 Å². The van der Waals surface area contributed by atoms with Crippen molar-refractivity contribution >= 4 is 11.9 Å². The third-order valence-electron chi connectivity index (χ3n) is 13.9. The summed E-state index contributed by atoms with van der Waals surface area (Å²) in [5.41, 5.74) is 0. The molecule has 0 heterocycles. The number of amides is 1. The molecule has 2 atom stereocenters. The van der Waals surface area contributed by atoms with Gasteiger partial charge in [-0.05, 0) is 83.5 Å². The lowest BCUT2D eigenvalue weighted by atomic mass is 10.0. The van der Waals surface area contributed by atoms with E-state index in [0.29, 0.717) is 25.9 Å². The van der Waals surface area contributed by atoms with Crippen molar-refractivity contribution in [2.45, 2.75) is 334 Å². The van der Waals surface area contributed by atoms with Gasteiger partial charge in [-0.3, -0.25) is 9.59 Å². The molecule has 0 aromatic heterocycles. The van der Waals surface area contributed by atoms with Gasteiger partial charge in [0.2, 0.25) is 5.91 Å². The van der Waals surface area contributed by atoms with Crippen molar-refractivity contribution < 1.29 is 24.5 Å². The van der Waals surface area contributed by atoms with Gasteiger partial charge in [0.15, 0.2) is 0 Å². The predicted molar refractivity (Wildman–Crippen MR) is 296 cm³/mol. The Morgan fingerprint density at radius 2 is 0.735 bits per heavy atom. The lowest BCUT2D eigenvalue weighted by Crippen LogP contribution is -2.45. The molecule has 0 aliphatic heterocycles. The Morgan fingerprint density at radius 3 is 1.15 bits per heavy atom. The van der Waals surface area contributed by atoms with Crippen LogP contribution >= 0.6 is 0 Å². The first-order valence-corrected chi connectivity index (χ1v) is 30.3. The molecular weight excluding hydrogens is 839 g/mol. The Labute approximate surface area is 424 Å². The van der Waals surface area contributed by atoms with Gasteiger partial charge in [0.1, 0.15) is 0 Å². The second-order valence-electron chi connectivity index (χ2n) is 20.7. The van der Waals surface area contributed by atoms with Crippen LogP contribution in [0.4, 0.5) is 0 Å². The highest BCUT2D eigenvalue weighted by molar-refractivity contribution is 5.76. The zero-order chi connectivity index (χ0) is 49.3. The van der Waals surface area contributed by atoms with E-state index >= 15 is 0 Å². The van der Waals surface area contributed by atoms with Crippen molar-refractivity contribution in [2.24, 2.45) is 0 Å². The van der Waals surface area contributed by atoms with Crippen LogP contribution in [0.25, 0.3) is 0 Å². The number of hydrogen-bond acceptors (Lipinski definition) is 5. The molecule has 0 aromatic rings. The fraction of sp³-hybridized carbons (Fsp3) is 0.871. The first kappa shape index (κ1) is 66.1. The maximum atomic E-state index is 12.5. The first-order chi connectivity index (χ1) is 33.5. The summed E-state index contributed by atoms with van der Waals surface area (Å²) < 4.78 is 5.44. The molecular formula is C62H117NO5. The molecule has 1 amide bonds. The highest BCUT2D eigenvalue weighted by Crippen LogP contribution is 2.17. The van der Waals surface area contributed by atoms with Crippen molar-refractivity contribution in [2.75, 3.05) is 13.2 Å². The molecule has 0 saturated carbocycles. The summed E-state index contributed by atoms with van der Waals surface area (Å²) in [5.74, 6) is -0.0654. The zero-order valence-electron chi connectivity index (χ0n) is 45.6. The topological polar surface area (TPSA) is 95.9 Å². The van der Waals surface area contributed by atoms with Gasteiger partial charge >= 0.3 is 5.97 Å². The van der Waals surface area contributed by atoms with Gasteiger partial charge in [0.25, 0.3) is 0 Å². The van der Waals surface area contributed by atoms with Crippen LogP contribution < -0.4 is 5.32 Å². The number of unbranched alkanes of at least 4 members (excludes halogenated alkanes) is 40. The zero-order valence-corrected chi connectivity index (χ0v) is 45.6. The number of esters is 1. The normalized spacial score (nSPS) is 12.8. The second-order valence-corrected chi connectivity index (χ2v) is 20.7. The van der Waals surface area contributed by atoms with E-state index in [1.807, 2.05) is 0 Å². The maximum absolute atomic E-state index is 12.5. The number of carbonyl (C=O) groups excluding carboxylic acids is 2. The molecule has 6 heteroatoms. The number of aliphatic hydroxyl groups is 2. The van der Waals surface area contributed by atoms with Crippen LogP contribution in [0.1, 0.15) is 322 Å². The summed E-state index contributed by atoms with van der Waals surface area (Å²) >= 11 is 0. The lowest BCUT2D eigenvalue weighted by Gasteiger charge is -2.22. The molecule has 0 saturated heterocycles. The number of hydrogen-bond donors (Lipinski definition) is 3. The molecule has 0 rings (SSSR count). The van der Waals surface area contributed by atoms with Crippen molar-refractivity contribution in [1.29, 1.82) is 0 Å². The molecule has 6 nitrogen and oxygen atoms in total. The highest BCUT2D eigenvalue weighted by Gasteiger charge is 2.20. The minimum atomic E-state index is -0.672. The van der Waals surface area contributed by atoms with E-state index in [9.17, 15) is 19.8 Å². The number of ether oxygens (including phenoxy) is 1. The number of aliphatic hydroxyl groups excluding tert-OH is 2. The average molecular weight is 957 g/mol. The fourth-order valence-electron chi connectivity index (χ4n) is 9.27. The number of carbonyl (C=O) groups is 2. The molecule has 400 valence electrons. The van der Waals surface area contributed by atoms with Crippen LogP contribution in [-0.2, 0) is 14.3 Å². The van der Waals surface area contributed by atoms with Gasteiger partial charge in [-0.25, -0.2) is 0 Å². The Hall–Kier alpha value is -1.92. The molecule has 0 fully saturated rings. The van der Waals surface area contributed by atoms with E-state index in [0.717, 1.165) is 70.6 Å². The van der Waals surface area contributed by atoms with Gasteiger partial charge in [0.05, 0.1) is 25.4 Å². The molecule has 2 unspecified atom stereocenters. The van der Waals surface area contributed by atoms with Crippen LogP contribution in [0.3, 0.4) is 0 Å². The summed E-state index contributed by atoms with van der Waals surface area (Å²) in [6.45, 7) is 4.91. The molecule has 68 heavy (non-hydrogen) atoms. The Morgan fingerprint density at radius 1 is 0.412 bits per heavy atom. The molecule has 3 N–H and O–H groups in total. The van der Waals surface area contributed by atoms with E-state index in [1.54, 1.807) is 0 Å². The van der Waals surface area contributed by atoms with Gasteiger partial charge in [-0.2, -0.15) is 0 Å². The molecule has 0 bridgehead atoms. The minimum absolute atomic E-state index is 0.0225. The summed E-state index contributed by atoms with van der Waals surface area (Å²) in [7, 11) is 0. The Balaban J connectivity index is 3.48. The minimum Gasteiger partial charge on any atom is -0.466 e. The second kappa shape index (κ2) is 57.7. The highest BCUT2D eigenvalue weighted by atomic mass is 16.5. The van der Waals surface area contributed by atoms with E-state index in [-0.39, 0.29) is 18.5 Å². The summed E-state index contributed by atoms with van der Waals surface area (Å²) in [6, 6.07) is -0.550. The quantitative estimate of drug-likeness (QED) is 0.0244. The summed E-state index contributed by atoms with van der Waals surface area (Å²) in [5, 5.41) is 23.3. The fourth-order valence-corrected chi connectivity index (χ4v) is 9.27. The Bertz CT molecular complexity index is 1100. The molecule has 0 aliphatic rings. The summed E-state index contributed by atoms with van der Waals surface area (Å²) in [4.78, 5) is 24.5. The number of rotatable bonds is 56. The van der Waals surface area contributed by atoms with Gasteiger partial charge in [0, 0.05) is 12.8 Å². The van der Waals surface area contributed by atoms with Crippen LogP contribution in [0.2, 0.25) is 0 Å². The molecule has 0 aliphatic carbocycles. The predicted octanol–water partition coefficient (Wildman–Crippen LogP) is 18.8. The monoisotopic (exact) mass is 956 g/mol.